The van der Waals surface area contributed by atoms with Crippen LogP contribution in [0, 0.1) is 0 Å². The zero-order valence-corrected chi connectivity index (χ0v) is 11.4. The highest BCUT2D eigenvalue weighted by Gasteiger charge is 2.18. The topological polar surface area (TPSA) is 66.6 Å². The predicted molar refractivity (Wildman–Crippen MR) is 71.5 cm³/mol. The first-order valence-electron chi connectivity index (χ1n) is 5.33. The predicted octanol–water partition coefficient (Wildman–Crippen LogP) is 1.08. The Kier molecular flexibility index (Phi) is 4.55. The second-order valence-electron chi connectivity index (χ2n) is 4.19. The highest BCUT2D eigenvalue weighted by molar-refractivity contribution is 6.34. The van der Waals surface area contributed by atoms with Crippen molar-refractivity contribution in [3.63, 3.8) is 0 Å². The van der Waals surface area contributed by atoms with Crippen LogP contribution in [0.5, 0.6) is 0 Å². The van der Waals surface area contributed by atoms with Gasteiger partial charge in [-0.3, -0.25) is 9.59 Å². The molecular weight excluding hydrogens is 254 g/mol. The summed E-state index contributed by atoms with van der Waals surface area (Å²) in [6.07, 6.45) is 0. The molecule has 0 spiro atoms. The number of benzene rings is 1. The minimum atomic E-state index is -0.331. The van der Waals surface area contributed by atoms with Crippen LogP contribution in [-0.4, -0.2) is 49.3 Å². The Hall–Kier alpha value is -1.75. The first-order valence-corrected chi connectivity index (χ1v) is 5.71. The summed E-state index contributed by atoms with van der Waals surface area (Å²) in [5, 5.41) is 0.318. The number of nitrogen functional groups attached to an aromatic ring is 1. The zero-order chi connectivity index (χ0) is 13.9. The molecule has 2 N–H and O–H groups in total. The Morgan fingerprint density at radius 2 is 1.89 bits per heavy atom. The van der Waals surface area contributed by atoms with Gasteiger partial charge in [-0.05, 0) is 18.2 Å². The van der Waals surface area contributed by atoms with Crippen LogP contribution in [0.3, 0.4) is 0 Å². The Balaban J connectivity index is 2.87. The molecule has 1 rings (SSSR count). The SMILES string of the molecule is CN(C)C(=O)CN(C)C(=O)c1cc(N)ccc1Cl. The number of nitrogens with zero attached hydrogens (tertiary/aromatic N) is 2. The number of anilines is 1. The standard InChI is InChI=1S/C12H16ClN3O2/c1-15(2)11(17)7-16(3)12(18)9-6-8(14)4-5-10(9)13/h4-6H,7,14H2,1-3H3. The summed E-state index contributed by atoms with van der Waals surface area (Å²) in [5.41, 5.74) is 6.36. The van der Waals surface area contributed by atoms with Crippen LogP contribution < -0.4 is 5.73 Å². The number of likely N-dealkylation sites (N-methyl/N-ethyl adjacent to an activating group) is 2. The Bertz CT molecular complexity index is 474. The van der Waals surface area contributed by atoms with E-state index in [0.717, 1.165) is 0 Å². The van der Waals surface area contributed by atoms with Crippen LogP contribution in [0.1, 0.15) is 10.4 Å². The molecule has 0 aliphatic carbocycles. The lowest BCUT2D eigenvalue weighted by atomic mass is 10.2. The lowest BCUT2D eigenvalue weighted by Gasteiger charge is -2.19. The van der Waals surface area contributed by atoms with E-state index in [-0.39, 0.29) is 18.4 Å². The summed E-state index contributed by atoms with van der Waals surface area (Å²) in [6.45, 7) is -0.00301. The van der Waals surface area contributed by atoms with Crippen molar-refractivity contribution in [3.8, 4) is 0 Å². The molecule has 0 heterocycles. The largest absolute Gasteiger partial charge is 0.399 e. The number of carbonyl (C=O) groups is 2. The first-order chi connectivity index (χ1) is 8.32. The smallest absolute Gasteiger partial charge is 0.255 e. The average molecular weight is 270 g/mol. The van der Waals surface area contributed by atoms with Crippen LogP contribution in [-0.2, 0) is 4.79 Å². The van der Waals surface area contributed by atoms with Gasteiger partial charge >= 0.3 is 0 Å². The number of hydrogen-bond acceptors (Lipinski definition) is 3. The molecule has 0 aliphatic heterocycles. The number of carbonyl (C=O) groups excluding carboxylic acids is 2. The monoisotopic (exact) mass is 269 g/mol. The van der Waals surface area contributed by atoms with Crippen molar-refractivity contribution in [1.29, 1.82) is 0 Å². The molecule has 0 atom stereocenters. The molecule has 0 fully saturated rings. The van der Waals surface area contributed by atoms with Crippen LogP contribution in [0.4, 0.5) is 5.69 Å². The number of nitrogens with two attached hydrogens (primary N) is 1. The van der Waals surface area contributed by atoms with E-state index in [2.05, 4.69) is 0 Å². The van der Waals surface area contributed by atoms with E-state index in [1.807, 2.05) is 0 Å². The van der Waals surface area contributed by atoms with Crippen LogP contribution in [0.2, 0.25) is 5.02 Å². The lowest BCUT2D eigenvalue weighted by Crippen LogP contribution is -2.37. The van der Waals surface area contributed by atoms with E-state index < -0.39 is 0 Å². The molecule has 0 saturated heterocycles. The molecule has 1 aromatic carbocycles. The third-order valence-corrected chi connectivity index (χ3v) is 2.77. The molecular formula is C12H16ClN3O2. The molecule has 6 heteroatoms. The van der Waals surface area contributed by atoms with Gasteiger partial charge in [0.1, 0.15) is 0 Å². The highest BCUT2D eigenvalue weighted by atomic mass is 35.5. The Morgan fingerprint density at radius 3 is 2.44 bits per heavy atom. The molecule has 0 aliphatic rings. The van der Waals surface area contributed by atoms with Crippen molar-refractivity contribution in [2.75, 3.05) is 33.4 Å². The summed E-state index contributed by atoms with van der Waals surface area (Å²) < 4.78 is 0. The summed E-state index contributed by atoms with van der Waals surface area (Å²) in [6, 6.07) is 4.68. The molecule has 5 nitrogen and oxygen atoms in total. The fourth-order valence-electron chi connectivity index (χ4n) is 1.33. The van der Waals surface area contributed by atoms with Crippen molar-refractivity contribution >= 4 is 29.1 Å². The quantitative estimate of drug-likeness (QED) is 0.835. The number of amides is 2. The summed E-state index contributed by atoms with van der Waals surface area (Å²) in [4.78, 5) is 26.3. The van der Waals surface area contributed by atoms with Crippen molar-refractivity contribution in [2.45, 2.75) is 0 Å². The first kappa shape index (κ1) is 14.3. The normalized spacial score (nSPS) is 10.0. The molecule has 1 aromatic rings. The molecule has 0 unspecified atom stereocenters. The van der Waals surface area contributed by atoms with Gasteiger partial charge in [-0.1, -0.05) is 11.6 Å². The van der Waals surface area contributed by atoms with Gasteiger partial charge in [0.15, 0.2) is 0 Å². The average Bonchev–Trinajstić information content (AvgIpc) is 2.31. The highest BCUT2D eigenvalue weighted by Crippen LogP contribution is 2.20. The zero-order valence-electron chi connectivity index (χ0n) is 10.6. The minimum Gasteiger partial charge on any atom is -0.399 e. The van der Waals surface area contributed by atoms with Gasteiger partial charge < -0.3 is 15.5 Å². The van der Waals surface area contributed by atoms with E-state index in [1.54, 1.807) is 33.3 Å². The Labute approximate surface area is 111 Å². The maximum Gasteiger partial charge on any atom is 0.255 e. The molecule has 2 amide bonds. The van der Waals surface area contributed by atoms with Crippen molar-refractivity contribution in [1.82, 2.24) is 9.80 Å². The fraction of sp³-hybridized carbons (Fsp3) is 0.333. The van der Waals surface area contributed by atoms with Gasteiger partial charge in [0.05, 0.1) is 17.1 Å². The van der Waals surface area contributed by atoms with E-state index in [4.69, 9.17) is 17.3 Å². The molecule has 98 valence electrons. The summed E-state index contributed by atoms with van der Waals surface area (Å²) in [7, 11) is 4.81. The van der Waals surface area contributed by atoms with Crippen molar-refractivity contribution in [2.24, 2.45) is 0 Å². The van der Waals surface area contributed by atoms with Gasteiger partial charge in [0.25, 0.3) is 5.91 Å². The maximum atomic E-state index is 12.1. The molecule has 0 saturated carbocycles. The molecule has 18 heavy (non-hydrogen) atoms. The van der Waals surface area contributed by atoms with Crippen molar-refractivity contribution in [3.05, 3.63) is 28.8 Å². The molecule has 0 bridgehead atoms. The van der Waals surface area contributed by atoms with E-state index in [1.165, 1.54) is 15.9 Å². The van der Waals surface area contributed by atoms with E-state index in [9.17, 15) is 9.59 Å². The number of hydrogen-bond donors (Lipinski definition) is 1. The molecule has 0 aromatic heterocycles. The minimum absolute atomic E-state index is 0.00301. The second-order valence-corrected chi connectivity index (χ2v) is 4.60. The van der Waals surface area contributed by atoms with Gasteiger partial charge in [-0.15, -0.1) is 0 Å². The third kappa shape index (κ3) is 3.37. The van der Waals surface area contributed by atoms with Gasteiger partial charge in [-0.2, -0.15) is 0 Å². The summed E-state index contributed by atoms with van der Waals surface area (Å²) >= 11 is 5.94. The van der Waals surface area contributed by atoms with Crippen molar-refractivity contribution < 1.29 is 9.59 Å². The van der Waals surface area contributed by atoms with Crippen LogP contribution in [0.25, 0.3) is 0 Å². The second kappa shape index (κ2) is 5.73. The lowest BCUT2D eigenvalue weighted by molar-refractivity contribution is -0.129. The fourth-order valence-corrected chi connectivity index (χ4v) is 1.53. The number of rotatable bonds is 3. The summed E-state index contributed by atoms with van der Waals surface area (Å²) in [5.74, 6) is -0.492. The van der Waals surface area contributed by atoms with E-state index >= 15 is 0 Å². The molecule has 0 radical (unpaired) electrons. The van der Waals surface area contributed by atoms with E-state index in [0.29, 0.717) is 16.3 Å². The Morgan fingerprint density at radius 1 is 1.28 bits per heavy atom. The van der Waals surface area contributed by atoms with Gasteiger partial charge in [-0.25, -0.2) is 0 Å². The van der Waals surface area contributed by atoms with Gasteiger partial charge in [0, 0.05) is 26.8 Å². The van der Waals surface area contributed by atoms with Crippen LogP contribution in [0.15, 0.2) is 18.2 Å². The van der Waals surface area contributed by atoms with Crippen LogP contribution >= 0.6 is 11.6 Å². The third-order valence-electron chi connectivity index (χ3n) is 2.44. The van der Waals surface area contributed by atoms with Gasteiger partial charge in [0.2, 0.25) is 5.91 Å². The maximum absolute atomic E-state index is 12.1. The number of halogens is 1.